The maximum Gasteiger partial charge on any atom is 0.275 e. The van der Waals surface area contributed by atoms with Gasteiger partial charge >= 0.3 is 0 Å². The largest absolute Gasteiger partial charge is 0.330 e. The fourth-order valence-corrected chi connectivity index (χ4v) is 2.95. The van der Waals surface area contributed by atoms with Crippen LogP contribution >= 0.6 is 34.5 Å². The number of thiazole rings is 1. The van der Waals surface area contributed by atoms with Crippen LogP contribution in [-0.2, 0) is 6.42 Å². The van der Waals surface area contributed by atoms with Gasteiger partial charge in [0.25, 0.3) is 5.91 Å². The van der Waals surface area contributed by atoms with Gasteiger partial charge < -0.3 is 11.1 Å². The Hall–Kier alpha value is -1.21. The number of nitrogens with one attached hydrogen (secondary N) is 1. The molecule has 3 N–H and O–H groups in total. The Morgan fingerprint density at radius 3 is 2.85 bits per heavy atom. The molecule has 106 valence electrons. The minimum Gasteiger partial charge on any atom is -0.330 e. The summed E-state index contributed by atoms with van der Waals surface area (Å²) >= 11 is 13.2. The van der Waals surface area contributed by atoms with E-state index in [1.165, 1.54) is 11.3 Å². The molecule has 0 aliphatic rings. The van der Waals surface area contributed by atoms with Crippen LogP contribution in [0.5, 0.6) is 0 Å². The van der Waals surface area contributed by atoms with Gasteiger partial charge in [-0.25, -0.2) is 9.97 Å². The lowest BCUT2D eigenvalue weighted by Crippen LogP contribution is -2.14. The van der Waals surface area contributed by atoms with Crippen LogP contribution in [0.2, 0.25) is 10.3 Å². The fraction of sp³-hybridized carbons (Fsp3) is 0.250. The fourth-order valence-electron chi connectivity index (χ4n) is 1.58. The molecule has 0 bridgehead atoms. The first-order chi connectivity index (χ1) is 9.51. The lowest BCUT2D eigenvalue weighted by atomic mass is 10.2. The summed E-state index contributed by atoms with van der Waals surface area (Å²) in [6.07, 6.45) is 0.653. The van der Waals surface area contributed by atoms with Crippen molar-refractivity contribution < 1.29 is 4.79 Å². The number of hydrogen-bond donors (Lipinski definition) is 2. The van der Waals surface area contributed by atoms with Crippen LogP contribution in [-0.4, -0.2) is 22.4 Å². The average molecular weight is 331 g/mol. The van der Waals surface area contributed by atoms with Gasteiger partial charge in [0, 0.05) is 11.8 Å². The average Bonchev–Trinajstić information content (AvgIpc) is 2.82. The van der Waals surface area contributed by atoms with Gasteiger partial charge in [0.15, 0.2) is 5.15 Å². The molecule has 0 fully saturated rings. The minimum atomic E-state index is -0.335. The van der Waals surface area contributed by atoms with Gasteiger partial charge in [0.05, 0.1) is 10.7 Å². The number of halogens is 2. The quantitative estimate of drug-likeness (QED) is 0.844. The van der Waals surface area contributed by atoms with E-state index in [9.17, 15) is 4.79 Å². The molecule has 20 heavy (non-hydrogen) atoms. The summed E-state index contributed by atoms with van der Waals surface area (Å²) in [4.78, 5) is 20.2. The second kappa shape index (κ2) is 6.49. The van der Waals surface area contributed by atoms with E-state index in [1.54, 1.807) is 18.4 Å². The van der Waals surface area contributed by atoms with Crippen molar-refractivity contribution in [2.24, 2.45) is 5.73 Å². The molecule has 0 saturated heterocycles. The normalized spacial score (nSPS) is 10.6. The van der Waals surface area contributed by atoms with Gasteiger partial charge in [-0.05, 0) is 25.1 Å². The van der Waals surface area contributed by atoms with Crippen LogP contribution in [0.15, 0.2) is 11.4 Å². The molecule has 1 amide bonds. The van der Waals surface area contributed by atoms with Gasteiger partial charge in [0.1, 0.15) is 10.8 Å². The van der Waals surface area contributed by atoms with Crippen molar-refractivity contribution in [2.75, 3.05) is 11.9 Å². The third-order valence-electron chi connectivity index (χ3n) is 2.52. The number of amides is 1. The molecule has 0 aromatic carbocycles. The van der Waals surface area contributed by atoms with Crippen LogP contribution in [0.4, 0.5) is 5.69 Å². The summed E-state index contributed by atoms with van der Waals surface area (Å²) in [7, 11) is 0. The van der Waals surface area contributed by atoms with E-state index in [-0.39, 0.29) is 16.2 Å². The molecule has 0 atom stereocenters. The zero-order valence-electron chi connectivity index (χ0n) is 10.6. The summed E-state index contributed by atoms with van der Waals surface area (Å²) in [6, 6.07) is 1.63. The number of hydrogen-bond acceptors (Lipinski definition) is 5. The van der Waals surface area contributed by atoms with E-state index in [4.69, 9.17) is 28.9 Å². The molecule has 0 radical (unpaired) electrons. The van der Waals surface area contributed by atoms with Crippen molar-refractivity contribution in [3.8, 4) is 0 Å². The number of carbonyl (C=O) groups is 1. The van der Waals surface area contributed by atoms with Crippen LogP contribution < -0.4 is 11.1 Å². The Bertz CT molecular complexity index is 621. The summed E-state index contributed by atoms with van der Waals surface area (Å²) in [5.74, 6) is -0.335. The van der Waals surface area contributed by atoms with Gasteiger partial charge in [-0.2, -0.15) is 0 Å². The number of nitrogens with two attached hydrogens (primary N) is 1. The van der Waals surface area contributed by atoms with Crippen LogP contribution in [0.25, 0.3) is 0 Å². The summed E-state index contributed by atoms with van der Waals surface area (Å²) < 4.78 is 0. The van der Waals surface area contributed by atoms with E-state index in [1.807, 2.05) is 0 Å². The van der Waals surface area contributed by atoms with Gasteiger partial charge in [0.2, 0.25) is 0 Å². The molecule has 2 rings (SSSR count). The van der Waals surface area contributed by atoms with Crippen molar-refractivity contribution in [3.05, 3.63) is 38.0 Å². The molecule has 8 heteroatoms. The molecular formula is C12H12Cl2N4OS. The third kappa shape index (κ3) is 3.46. The number of aryl methyl sites for hydroxylation is 1. The van der Waals surface area contributed by atoms with Crippen molar-refractivity contribution >= 4 is 46.1 Å². The summed E-state index contributed by atoms with van der Waals surface area (Å²) in [6.45, 7) is 2.29. The van der Waals surface area contributed by atoms with Crippen molar-refractivity contribution in [1.82, 2.24) is 9.97 Å². The Labute approximate surface area is 130 Å². The second-order valence-electron chi connectivity index (χ2n) is 4.05. The van der Waals surface area contributed by atoms with E-state index in [0.29, 0.717) is 24.3 Å². The van der Waals surface area contributed by atoms with Crippen LogP contribution in [0.1, 0.15) is 21.1 Å². The van der Waals surface area contributed by atoms with Crippen LogP contribution in [0.3, 0.4) is 0 Å². The van der Waals surface area contributed by atoms with Gasteiger partial charge in [-0.1, -0.05) is 23.2 Å². The Morgan fingerprint density at radius 2 is 2.20 bits per heavy atom. The monoisotopic (exact) mass is 330 g/mol. The number of rotatable bonds is 4. The lowest BCUT2D eigenvalue weighted by molar-refractivity contribution is 0.102. The number of aromatic nitrogens is 2. The Kier molecular flexibility index (Phi) is 4.93. The Balaban J connectivity index is 2.19. The highest BCUT2D eigenvalue weighted by molar-refractivity contribution is 7.09. The van der Waals surface area contributed by atoms with Crippen LogP contribution in [0, 0.1) is 6.92 Å². The molecule has 5 nitrogen and oxygen atoms in total. The minimum absolute atomic E-state index is 0.153. The van der Waals surface area contributed by atoms with E-state index in [2.05, 4.69) is 15.3 Å². The predicted octanol–water partition coefficient (Wildman–Crippen LogP) is 2.91. The second-order valence-corrected chi connectivity index (χ2v) is 5.73. The van der Waals surface area contributed by atoms with Gasteiger partial charge in [-0.3, -0.25) is 4.79 Å². The number of nitrogens with zero attached hydrogens (tertiary/aromatic N) is 2. The van der Waals surface area contributed by atoms with Crippen molar-refractivity contribution in [2.45, 2.75) is 13.3 Å². The highest BCUT2D eigenvalue weighted by Gasteiger charge is 2.15. The topological polar surface area (TPSA) is 80.9 Å². The summed E-state index contributed by atoms with van der Waals surface area (Å²) in [5.41, 5.74) is 6.96. The van der Waals surface area contributed by atoms with Crippen molar-refractivity contribution in [1.29, 1.82) is 0 Å². The SMILES string of the molecule is Cc1cc(Cl)nc(Cl)c1NC(=O)c1csc(CCN)n1. The maximum atomic E-state index is 12.1. The zero-order chi connectivity index (χ0) is 14.7. The zero-order valence-corrected chi connectivity index (χ0v) is 12.9. The molecular weight excluding hydrogens is 319 g/mol. The first kappa shape index (κ1) is 15.2. The third-order valence-corrected chi connectivity index (χ3v) is 3.90. The summed E-state index contributed by atoms with van der Waals surface area (Å²) in [5, 5.41) is 5.65. The first-order valence-electron chi connectivity index (χ1n) is 5.79. The standard InChI is InChI=1S/C12H12Cl2N4OS/c1-6-4-8(13)17-11(14)10(6)18-12(19)7-5-20-9(16-7)2-3-15/h4-5H,2-3,15H2,1H3,(H,18,19). The molecule has 0 aliphatic carbocycles. The van der Waals surface area contributed by atoms with E-state index >= 15 is 0 Å². The smallest absolute Gasteiger partial charge is 0.275 e. The molecule has 0 unspecified atom stereocenters. The predicted molar refractivity (Wildman–Crippen MR) is 81.8 cm³/mol. The van der Waals surface area contributed by atoms with E-state index < -0.39 is 0 Å². The molecule has 0 aliphatic heterocycles. The molecule has 0 spiro atoms. The Morgan fingerprint density at radius 1 is 1.45 bits per heavy atom. The molecule has 2 aromatic heterocycles. The highest BCUT2D eigenvalue weighted by atomic mass is 35.5. The molecule has 2 heterocycles. The van der Waals surface area contributed by atoms with Gasteiger partial charge in [-0.15, -0.1) is 11.3 Å². The lowest BCUT2D eigenvalue weighted by Gasteiger charge is -2.09. The van der Waals surface area contributed by atoms with E-state index in [0.717, 1.165) is 10.6 Å². The number of anilines is 1. The maximum absolute atomic E-state index is 12.1. The first-order valence-corrected chi connectivity index (χ1v) is 7.43. The van der Waals surface area contributed by atoms with Crippen molar-refractivity contribution in [3.63, 3.8) is 0 Å². The molecule has 0 saturated carbocycles. The highest BCUT2D eigenvalue weighted by Crippen LogP contribution is 2.27. The molecule has 2 aromatic rings. The number of pyridine rings is 1. The number of carbonyl (C=O) groups excluding carboxylic acids is 1.